The molecule has 1 nitrogen and oxygen atoms in total. The van der Waals surface area contributed by atoms with Crippen LogP contribution in [0.5, 0.6) is 0 Å². The van der Waals surface area contributed by atoms with E-state index in [4.69, 9.17) is 0 Å². The van der Waals surface area contributed by atoms with Crippen LogP contribution in [-0.4, -0.2) is 12.1 Å². The lowest BCUT2D eigenvalue weighted by Gasteiger charge is -2.34. The Labute approximate surface area is 134 Å². The van der Waals surface area contributed by atoms with E-state index in [0.29, 0.717) is 10.9 Å². The van der Waals surface area contributed by atoms with Gasteiger partial charge in [-0.15, -0.1) is 0 Å². The van der Waals surface area contributed by atoms with Crippen LogP contribution in [0.4, 0.5) is 8.78 Å². The Hall–Kier alpha value is -0.480. The van der Waals surface area contributed by atoms with Crippen molar-refractivity contribution in [1.29, 1.82) is 0 Å². The Morgan fingerprint density at radius 3 is 2.38 bits per heavy atom. The van der Waals surface area contributed by atoms with Crippen molar-refractivity contribution >= 4 is 15.9 Å². The average molecular weight is 360 g/mol. The first-order valence-corrected chi connectivity index (χ1v) is 8.39. The van der Waals surface area contributed by atoms with E-state index in [2.05, 4.69) is 42.0 Å². The van der Waals surface area contributed by atoms with Crippen molar-refractivity contribution in [3.8, 4) is 0 Å². The summed E-state index contributed by atoms with van der Waals surface area (Å²) in [5, 5.41) is 3.52. The highest BCUT2D eigenvalue weighted by molar-refractivity contribution is 9.10. The number of nitrogens with one attached hydrogen (secondary N) is 1. The fourth-order valence-corrected chi connectivity index (χ4v) is 3.47. The van der Waals surface area contributed by atoms with Crippen LogP contribution in [0.15, 0.2) is 16.6 Å². The Morgan fingerprint density at radius 1 is 1.19 bits per heavy atom. The minimum atomic E-state index is -0.447. The van der Waals surface area contributed by atoms with Crippen molar-refractivity contribution in [2.75, 3.05) is 6.54 Å². The minimum absolute atomic E-state index is 0.0178. The highest BCUT2D eigenvalue weighted by atomic mass is 79.9. The van der Waals surface area contributed by atoms with Crippen molar-refractivity contribution in [1.82, 2.24) is 5.32 Å². The third-order valence-electron chi connectivity index (χ3n) is 4.35. The topological polar surface area (TPSA) is 12.0 Å². The molecule has 0 aliphatic heterocycles. The first-order valence-electron chi connectivity index (χ1n) is 7.60. The summed E-state index contributed by atoms with van der Waals surface area (Å²) in [5.74, 6) is -0.880. The SMILES string of the molecule is CC(C)(C)NCC1(Cc2c(F)ccc(Br)c2F)CCCC1. The Morgan fingerprint density at radius 2 is 1.81 bits per heavy atom. The van der Waals surface area contributed by atoms with Crippen LogP contribution in [0.25, 0.3) is 0 Å². The summed E-state index contributed by atoms with van der Waals surface area (Å²) in [5.41, 5.74) is 0.210. The van der Waals surface area contributed by atoms with Crippen molar-refractivity contribution in [3.05, 3.63) is 33.8 Å². The zero-order chi connectivity index (χ0) is 15.7. The van der Waals surface area contributed by atoms with Gasteiger partial charge in [-0.25, -0.2) is 8.78 Å². The number of benzene rings is 1. The van der Waals surface area contributed by atoms with Crippen LogP contribution in [0.3, 0.4) is 0 Å². The maximum absolute atomic E-state index is 14.3. The molecule has 1 aromatic rings. The summed E-state index contributed by atoms with van der Waals surface area (Å²) in [6.45, 7) is 7.17. The van der Waals surface area contributed by atoms with E-state index >= 15 is 0 Å². The maximum atomic E-state index is 14.3. The van der Waals surface area contributed by atoms with Crippen LogP contribution < -0.4 is 5.32 Å². The predicted molar refractivity (Wildman–Crippen MR) is 86.4 cm³/mol. The molecule has 1 aliphatic carbocycles. The number of hydrogen-bond acceptors (Lipinski definition) is 1. The Kier molecular flexibility index (Phi) is 5.09. The fourth-order valence-electron chi connectivity index (χ4n) is 3.10. The van der Waals surface area contributed by atoms with Crippen LogP contribution in [0, 0.1) is 17.0 Å². The molecular formula is C17H24BrF2N. The molecule has 0 aromatic heterocycles. The van der Waals surface area contributed by atoms with Crippen molar-refractivity contribution < 1.29 is 8.78 Å². The van der Waals surface area contributed by atoms with E-state index in [1.165, 1.54) is 12.1 Å². The van der Waals surface area contributed by atoms with E-state index in [9.17, 15) is 8.78 Å². The van der Waals surface area contributed by atoms with Gasteiger partial charge in [0.15, 0.2) is 0 Å². The molecule has 0 saturated heterocycles. The minimum Gasteiger partial charge on any atom is -0.312 e. The van der Waals surface area contributed by atoms with Gasteiger partial charge < -0.3 is 5.32 Å². The normalized spacial score (nSPS) is 18.2. The lowest BCUT2D eigenvalue weighted by Crippen LogP contribution is -2.44. The molecule has 2 rings (SSSR count). The molecule has 1 fully saturated rings. The molecule has 1 aromatic carbocycles. The van der Waals surface area contributed by atoms with Gasteiger partial charge in [-0.05, 0) is 73.5 Å². The molecule has 0 heterocycles. The number of hydrogen-bond donors (Lipinski definition) is 1. The van der Waals surface area contributed by atoms with E-state index in [1.807, 2.05) is 0 Å². The molecule has 0 spiro atoms. The second-order valence-corrected chi connectivity index (χ2v) is 8.16. The van der Waals surface area contributed by atoms with Crippen LogP contribution in [0.2, 0.25) is 0 Å². The second-order valence-electron chi connectivity index (χ2n) is 7.31. The first-order chi connectivity index (χ1) is 9.72. The maximum Gasteiger partial charge on any atom is 0.143 e. The van der Waals surface area contributed by atoms with Crippen molar-refractivity contribution in [3.63, 3.8) is 0 Å². The number of halogens is 3. The summed E-state index contributed by atoms with van der Waals surface area (Å²) in [6, 6.07) is 2.78. The Bertz CT molecular complexity index is 502. The zero-order valence-corrected chi connectivity index (χ0v) is 14.6. The van der Waals surface area contributed by atoms with Gasteiger partial charge in [0.2, 0.25) is 0 Å². The predicted octanol–water partition coefficient (Wildman–Crippen LogP) is 5.22. The van der Waals surface area contributed by atoms with E-state index in [0.717, 1.165) is 32.2 Å². The van der Waals surface area contributed by atoms with Gasteiger partial charge in [-0.3, -0.25) is 0 Å². The second kappa shape index (κ2) is 6.33. The molecule has 4 heteroatoms. The molecule has 118 valence electrons. The van der Waals surface area contributed by atoms with Gasteiger partial charge in [-0.1, -0.05) is 12.8 Å². The summed E-state index contributed by atoms with van der Waals surface area (Å²) < 4.78 is 28.6. The lowest BCUT2D eigenvalue weighted by atomic mass is 9.79. The highest BCUT2D eigenvalue weighted by Crippen LogP contribution is 2.42. The molecule has 1 saturated carbocycles. The molecule has 1 N–H and O–H groups in total. The largest absolute Gasteiger partial charge is 0.312 e. The molecular weight excluding hydrogens is 336 g/mol. The quantitative estimate of drug-likeness (QED) is 0.726. The smallest absolute Gasteiger partial charge is 0.143 e. The molecule has 21 heavy (non-hydrogen) atoms. The third kappa shape index (κ3) is 4.26. The third-order valence-corrected chi connectivity index (χ3v) is 4.96. The van der Waals surface area contributed by atoms with E-state index in [1.54, 1.807) is 0 Å². The van der Waals surface area contributed by atoms with Gasteiger partial charge in [0.1, 0.15) is 11.6 Å². The van der Waals surface area contributed by atoms with E-state index in [-0.39, 0.29) is 16.5 Å². The molecule has 0 amide bonds. The fraction of sp³-hybridized carbons (Fsp3) is 0.647. The van der Waals surface area contributed by atoms with Crippen LogP contribution in [-0.2, 0) is 6.42 Å². The van der Waals surface area contributed by atoms with Gasteiger partial charge in [-0.2, -0.15) is 0 Å². The summed E-state index contributed by atoms with van der Waals surface area (Å²) in [6.07, 6.45) is 4.81. The van der Waals surface area contributed by atoms with E-state index < -0.39 is 11.6 Å². The lowest BCUT2D eigenvalue weighted by molar-refractivity contribution is 0.240. The monoisotopic (exact) mass is 359 g/mol. The van der Waals surface area contributed by atoms with Gasteiger partial charge in [0.25, 0.3) is 0 Å². The molecule has 0 unspecified atom stereocenters. The standard InChI is InChI=1S/C17H24BrF2N/c1-16(2,3)21-11-17(8-4-5-9-17)10-12-14(19)7-6-13(18)15(12)20/h6-7,21H,4-5,8-11H2,1-3H3. The average Bonchev–Trinajstić information content (AvgIpc) is 2.86. The first kappa shape index (κ1) is 16.9. The van der Waals surface area contributed by atoms with Crippen molar-refractivity contribution in [2.45, 2.75) is 58.4 Å². The van der Waals surface area contributed by atoms with Gasteiger partial charge in [0, 0.05) is 17.6 Å². The number of rotatable bonds is 4. The zero-order valence-electron chi connectivity index (χ0n) is 13.0. The Balaban J connectivity index is 2.23. The highest BCUT2D eigenvalue weighted by Gasteiger charge is 2.36. The van der Waals surface area contributed by atoms with Crippen LogP contribution in [0.1, 0.15) is 52.0 Å². The summed E-state index contributed by atoms with van der Waals surface area (Å²) in [4.78, 5) is 0. The molecule has 1 aliphatic rings. The van der Waals surface area contributed by atoms with Gasteiger partial charge in [0.05, 0.1) is 4.47 Å². The summed E-state index contributed by atoms with van der Waals surface area (Å²) in [7, 11) is 0. The molecule has 0 radical (unpaired) electrons. The van der Waals surface area contributed by atoms with Crippen LogP contribution >= 0.6 is 15.9 Å². The van der Waals surface area contributed by atoms with Crippen molar-refractivity contribution in [2.24, 2.45) is 5.41 Å². The molecule has 0 atom stereocenters. The molecule has 0 bridgehead atoms. The summed E-state index contributed by atoms with van der Waals surface area (Å²) >= 11 is 3.16. The van der Waals surface area contributed by atoms with Gasteiger partial charge >= 0.3 is 0 Å².